The van der Waals surface area contributed by atoms with Crippen molar-refractivity contribution in [2.45, 2.75) is 24.7 Å². The Hall–Kier alpha value is -3.00. The van der Waals surface area contributed by atoms with Crippen molar-refractivity contribution in [1.82, 2.24) is 4.98 Å². The summed E-state index contributed by atoms with van der Waals surface area (Å²) in [4.78, 5) is 18.3. The van der Waals surface area contributed by atoms with E-state index < -0.39 is 21.5 Å². The predicted molar refractivity (Wildman–Crippen MR) is 139 cm³/mol. The number of aromatic nitrogens is 1. The maximum Gasteiger partial charge on any atom is 0.241 e. The van der Waals surface area contributed by atoms with Gasteiger partial charge in [-0.2, -0.15) is 0 Å². The third-order valence-corrected chi connectivity index (χ3v) is 8.10. The minimum absolute atomic E-state index is 0.0528. The van der Waals surface area contributed by atoms with Gasteiger partial charge in [-0.05, 0) is 41.8 Å². The number of anilines is 1. The van der Waals surface area contributed by atoms with E-state index >= 15 is 0 Å². The maximum absolute atomic E-state index is 12.6. The quantitative estimate of drug-likeness (QED) is 0.293. The molecule has 0 spiro atoms. The fraction of sp³-hybridized carbons (Fsp3) is 0.154. The van der Waals surface area contributed by atoms with Gasteiger partial charge in [0.2, 0.25) is 5.91 Å². The normalized spacial score (nSPS) is 11.4. The zero-order valence-corrected chi connectivity index (χ0v) is 20.9. The molecule has 0 aliphatic carbocycles. The van der Waals surface area contributed by atoms with Crippen LogP contribution in [0.5, 0.6) is 0 Å². The first-order chi connectivity index (χ1) is 16.4. The van der Waals surface area contributed by atoms with E-state index in [2.05, 4.69) is 41.5 Å². The second-order valence-electron chi connectivity index (χ2n) is 7.75. The minimum Gasteiger partial charge on any atom is -0.301 e. The van der Waals surface area contributed by atoms with Crippen LogP contribution < -0.4 is 5.32 Å². The molecule has 8 heteroatoms. The number of thiazole rings is 1. The van der Waals surface area contributed by atoms with Crippen LogP contribution in [0.2, 0.25) is 5.02 Å². The third-order valence-electron chi connectivity index (χ3n) is 5.18. The fourth-order valence-electron chi connectivity index (χ4n) is 3.53. The highest BCUT2D eigenvalue weighted by Crippen LogP contribution is 2.33. The summed E-state index contributed by atoms with van der Waals surface area (Å²) in [5.74, 6) is -1.30. The highest BCUT2D eigenvalue weighted by molar-refractivity contribution is 7.92. The van der Waals surface area contributed by atoms with Crippen LogP contribution in [-0.4, -0.2) is 25.1 Å². The van der Waals surface area contributed by atoms with Crippen molar-refractivity contribution in [1.29, 1.82) is 0 Å². The number of nitrogens with one attached hydrogen (secondary N) is 1. The molecule has 0 aliphatic heterocycles. The first-order valence-corrected chi connectivity index (χ1v) is 13.6. The topological polar surface area (TPSA) is 76.1 Å². The van der Waals surface area contributed by atoms with E-state index in [9.17, 15) is 13.2 Å². The Morgan fingerprint density at radius 2 is 1.53 bits per heavy atom. The van der Waals surface area contributed by atoms with Crippen LogP contribution in [-0.2, 0) is 21.1 Å². The zero-order chi connectivity index (χ0) is 24.1. The fourth-order valence-corrected chi connectivity index (χ4v) is 5.89. The first kappa shape index (κ1) is 24.1. The van der Waals surface area contributed by atoms with Crippen molar-refractivity contribution in [3.05, 3.63) is 88.8 Å². The molecule has 174 valence electrons. The molecular weight excluding hydrogens is 488 g/mol. The van der Waals surface area contributed by atoms with Crippen LogP contribution >= 0.6 is 22.9 Å². The lowest BCUT2D eigenvalue weighted by atomic mass is 10.0. The predicted octanol–water partition coefficient (Wildman–Crippen LogP) is 6.50. The smallest absolute Gasteiger partial charge is 0.241 e. The molecule has 34 heavy (non-hydrogen) atoms. The summed E-state index contributed by atoms with van der Waals surface area (Å²) in [6.07, 6.45) is 1.74. The Balaban J connectivity index is 1.53. The molecule has 0 fully saturated rings. The van der Waals surface area contributed by atoms with Crippen LogP contribution in [0.1, 0.15) is 18.2 Å². The van der Waals surface area contributed by atoms with Crippen molar-refractivity contribution in [2.24, 2.45) is 0 Å². The molecule has 5 nitrogen and oxygen atoms in total. The standard InChI is InChI=1S/C26H23ClN2O3S2/c1-2-6-23-25(20-11-9-19(10-12-20)18-7-4-3-5-8-18)29-26(33-23)28-24(30)17-34(31,32)22-15-13-21(27)14-16-22/h3-5,7-16H,2,6,17H2,1H3,(H,28,29,30). The molecule has 0 bridgehead atoms. The van der Waals surface area contributed by atoms with E-state index in [1.54, 1.807) is 0 Å². The molecule has 0 atom stereocenters. The highest BCUT2D eigenvalue weighted by Gasteiger charge is 2.21. The van der Waals surface area contributed by atoms with Gasteiger partial charge in [-0.1, -0.05) is 79.5 Å². The van der Waals surface area contributed by atoms with Gasteiger partial charge in [0, 0.05) is 15.5 Å². The Kier molecular flexibility index (Phi) is 7.46. The van der Waals surface area contributed by atoms with E-state index in [1.807, 2.05) is 30.3 Å². The molecule has 1 aromatic heterocycles. The van der Waals surface area contributed by atoms with Gasteiger partial charge in [0.1, 0.15) is 5.75 Å². The number of hydrogen-bond acceptors (Lipinski definition) is 5. The summed E-state index contributed by atoms with van der Waals surface area (Å²) < 4.78 is 25.1. The molecular formula is C26H23ClN2O3S2. The van der Waals surface area contributed by atoms with Gasteiger partial charge in [-0.3, -0.25) is 4.79 Å². The van der Waals surface area contributed by atoms with Gasteiger partial charge >= 0.3 is 0 Å². The van der Waals surface area contributed by atoms with Crippen LogP contribution in [0.3, 0.4) is 0 Å². The number of carbonyl (C=O) groups is 1. The van der Waals surface area contributed by atoms with E-state index in [0.29, 0.717) is 10.2 Å². The lowest BCUT2D eigenvalue weighted by Gasteiger charge is -2.05. The van der Waals surface area contributed by atoms with Crippen LogP contribution in [0, 0.1) is 0 Å². The first-order valence-electron chi connectivity index (χ1n) is 10.8. The highest BCUT2D eigenvalue weighted by atomic mass is 35.5. The zero-order valence-electron chi connectivity index (χ0n) is 18.5. The number of nitrogens with zero attached hydrogens (tertiary/aromatic N) is 1. The van der Waals surface area contributed by atoms with E-state index in [-0.39, 0.29) is 4.90 Å². The molecule has 1 heterocycles. The number of benzene rings is 3. The summed E-state index contributed by atoms with van der Waals surface area (Å²) in [5.41, 5.74) is 4.00. The molecule has 0 saturated carbocycles. The Morgan fingerprint density at radius 3 is 2.18 bits per heavy atom. The average Bonchev–Trinajstić information content (AvgIpc) is 3.22. The van der Waals surface area contributed by atoms with Gasteiger partial charge in [0.25, 0.3) is 0 Å². The molecule has 4 aromatic rings. The Labute approximate surface area is 208 Å². The van der Waals surface area contributed by atoms with Crippen molar-refractivity contribution >= 4 is 43.8 Å². The number of sulfone groups is 1. The molecule has 4 rings (SSSR count). The largest absolute Gasteiger partial charge is 0.301 e. The SMILES string of the molecule is CCCc1sc(NC(=O)CS(=O)(=O)c2ccc(Cl)cc2)nc1-c1ccc(-c2ccccc2)cc1. The molecule has 0 radical (unpaired) electrons. The van der Waals surface area contributed by atoms with Crippen molar-refractivity contribution in [3.8, 4) is 22.4 Å². The van der Waals surface area contributed by atoms with Gasteiger partial charge in [-0.15, -0.1) is 11.3 Å². The van der Waals surface area contributed by atoms with Gasteiger partial charge in [-0.25, -0.2) is 13.4 Å². The number of halogens is 1. The molecule has 1 N–H and O–H groups in total. The van der Waals surface area contributed by atoms with Crippen LogP contribution in [0.4, 0.5) is 5.13 Å². The van der Waals surface area contributed by atoms with E-state index in [0.717, 1.165) is 40.1 Å². The number of aryl methyl sites for hydroxylation is 1. The van der Waals surface area contributed by atoms with Crippen LogP contribution in [0.15, 0.2) is 83.8 Å². The van der Waals surface area contributed by atoms with Gasteiger partial charge in [0.05, 0.1) is 10.6 Å². The molecule has 0 saturated heterocycles. The lowest BCUT2D eigenvalue weighted by molar-refractivity contribution is -0.113. The number of rotatable bonds is 8. The van der Waals surface area contributed by atoms with Gasteiger partial charge < -0.3 is 5.32 Å². The van der Waals surface area contributed by atoms with E-state index in [4.69, 9.17) is 11.6 Å². The Morgan fingerprint density at radius 1 is 0.912 bits per heavy atom. The van der Waals surface area contributed by atoms with E-state index in [1.165, 1.54) is 35.6 Å². The number of hydrogen-bond donors (Lipinski definition) is 1. The minimum atomic E-state index is -3.79. The monoisotopic (exact) mass is 510 g/mol. The maximum atomic E-state index is 12.6. The molecule has 3 aromatic carbocycles. The number of carbonyl (C=O) groups excluding carboxylic acids is 1. The second-order valence-corrected chi connectivity index (χ2v) is 11.3. The molecule has 1 amide bonds. The van der Waals surface area contributed by atoms with Gasteiger partial charge in [0.15, 0.2) is 15.0 Å². The van der Waals surface area contributed by atoms with Crippen LogP contribution in [0.25, 0.3) is 22.4 Å². The Bertz CT molecular complexity index is 1380. The lowest BCUT2D eigenvalue weighted by Crippen LogP contribution is -2.22. The van der Waals surface area contributed by atoms with Crippen molar-refractivity contribution < 1.29 is 13.2 Å². The third kappa shape index (κ3) is 5.73. The molecule has 0 unspecified atom stereocenters. The number of amides is 1. The average molecular weight is 511 g/mol. The summed E-state index contributed by atoms with van der Waals surface area (Å²) in [5, 5.41) is 3.49. The molecule has 0 aliphatic rings. The van der Waals surface area contributed by atoms with Crippen molar-refractivity contribution in [2.75, 3.05) is 11.1 Å². The summed E-state index contributed by atoms with van der Waals surface area (Å²) in [6.45, 7) is 2.08. The second kappa shape index (κ2) is 10.5. The summed E-state index contributed by atoms with van der Waals surface area (Å²) in [6, 6.07) is 24.0. The summed E-state index contributed by atoms with van der Waals surface area (Å²) in [7, 11) is -3.79. The van der Waals surface area contributed by atoms with Crippen molar-refractivity contribution in [3.63, 3.8) is 0 Å². The summed E-state index contributed by atoms with van der Waals surface area (Å²) >= 11 is 7.20.